The van der Waals surface area contributed by atoms with E-state index in [9.17, 15) is 9.59 Å². The van der Waals surface area contributed by atoms with E-state index in [2.05, 4.69) is 15.6 Å². The van der Waals surface area contributed by atoms with Crippen LogP contribution in [0.15, 0.2) is 0 Å². The highest BCUT2D eigenvalue weighted by Crippen LogP contribution is 2.17. The minimum atomic E-state index is -1.19. The SMILES string of the molecule is NCc1c(C(=O)O)nnn1CC(=O)NC1CCCC1. The second-order valence-electron chi connectivity index (χ2n) is 4.60. The number of nitrogens with zero attached hydrogens (tertiary/aromatic N) is 3. The number of carboxylic acid groups (broad SMARTS) is 1. The molecule has 1 fully saturated rings. The Balaban J connectivity index is 2.01. The number of hydrogen-bond acceptors (Lipinski definition) is 5. The molecule has 8 nitrogen and oxygen atoms in total. The molecule has 0 spiro atoms. The maximum Gasteiger partial charge on any atom is 0.358 e. The van der Waals surface area contributed by atoms with Gasteiger partial charge in [0.25, 0.3) is 0 Å². The van der Waals surface area contributed by atoms with Crippen molar-refractivity contribution in [3.05, 3.63) is 11.4 Å². The Kier molecular flexibility index (Phi) is 4.10. The molecule has 4 N–H and O–H groups in total. The molecular formula is C11H17N5O3. The zero-order chi connectivity index (χ0) is 13.8. The van der Waals surface area contributed by atoms with E-state index in [4.69, 9.17) is 10.8 Å². The van der Waals surface area contributed by atoms with Gasteiger partial charge < -0.3 is 16.2 Å². The first kappa shape index (κ1) is 13.5. The van der Waals surface area contributed by atoms with Crippen LogP contribution in [0.1, 0.15) is 41.9 Å². The number of aromatic carboxylic acids is 1. The summed E-state index contributed by atoms with van der Waals surface area (Å²) in [5, 5.41) is 19.0. The number of rotatable bonds is 5. The number of carboxylic acids is 1. The third-order valence-electron chi connectivity index (χ3n) is 3.25. The Labute approximate surface area is 110 Å². The van der Waals surface area contributed by atoms with Gasteiger partial charge in [-0.3, -0.25) is 4.79 Å². The van der Waals surface area contributed by atoms with Gasteiger partial charge in [-0.05, 0) is 12.8 Å². The molecule has 1 heterocycles. The minimum Gasteiger partial charge on any atom is -0.476 e. The summed E-state index contributed by atoms with van der Waals surface area (Å²) in [6.07, 6.45) is 4.25. The van der Waals surface area contributed by atoms with Crippen LogP contribution in [0, 0.1) is 0 Å². The summed E-state index contributed by atoms with van der Waals surface area (Å²) in [7, 11) is 0. The van der Waals surface area contributed by atoms with E-state index in [0.717, 1.165) is 25.7 Å². The maximum atomic E-state index is 11.8. The quantitative estimate of drug-likeness (QED) is 0.660. The lowest BCUT2D eigenvalue weighted by Crippen LogP contribution is -2.35. The number of carbonyl (C=O) groups is 2. The molecule has 0 atom stereocenters. The van der Waals surface area contributed by atoms with Crippen LogP contribution in [0.5, 0.6) is 0 Å². The first-order chi connectivity index (χ1) is 9.11. The molecule has 0 bridgehead atoms. The van der Waals surface area contributed by atoms with Gasteiger partial charge in [-0.2, -0.15) is 0 Å². The summed E-state index contributed by atoms with van der Waals surface area (Å²) in [5.41, 5.74) is 5.54. The Morgan fingerprint density at radius 3 is 2.68 bits per heavy atom. The number of carbonyl (C=O) groups excluding carboxylic acids is 1. The van der Waals surface area contributed by atoms with Crippen LogP contribution in [0.25, 0.3) is 0 Å². The molecule has 2 rings (SSSR count). The fourth-order valence-electron chi connectivity index (χ4n) is 2.31. The van der Waals surface area contributed by atoms with Gasteiger partial charge in [-0.1, -0.05) is 18.1 Å². The summed E-state index contributed by atoms with van der Waals surface area (Å²) >= 11 is 0. The van der Waals surface area contributed by atoms with Crippen molar-refractivity contribution < 1.29 is 14.7 Å². The lowest BCUT2D eigenvalue weighted by molar-refractivity contribution is -0.122. The van der Waals surface area contributed by atoms with Crippen LogP contribution in [-0.2, 0) is 17.9 Å². The predicted octanol–water partition coefficient (Wildman–Crippen LogP) is -0.506. The van der Waals surface area contributed by atoms with E-state index in [0.29, 0.717) is 0 Å². The van der Waals surface area contributed by atoms with E-state index < -0.39 is 5.97 Å². The highest BCUT2D eigenvalue weighted by molar-refractivity contribution is 5.86. The third kappa shape index (κ3) is 3.08. The summed E-state index contributed by atoms with van der Waals surface area (Å²) in [5.74, 6) is -1.38. The van der Waals surface area contributed by atoms with Crippen molar-refractivity contribution in [2.45, 2.75) is 44.8 Å². The van der Waals surface area contributed by atoms with E-state index in [1.807, 2.05) is 0 Å². The lowest BCUT2D eigenvalue weighted by Gasteiger charge is -2.12. The van der Waals surface area contributed by atoms with E-state index in [-0.39, 0.29) is 36.4 Å². The average Bonchev–Trinajstić information content (AvgIpc) is 2.97. The van der Waals surface area contributed by atoms with Crippen molar-refractivity contribution in [1.82, 2.24) is 20.3 Å². The van der Waals surface area contributed by atoms with Crippen molar-refractivity contribution in [3.63, 3.8) is 0 Å². The van der Waals surface area contributed by atoms with Gasteiger partial charge in [-0.25, -0.2) is 9.48 Å². The molecule has 19 heavy (non-hydrogen) atoms. The molecule has 1 aromatic rings. The topological polar surface area (TPSA) is 123 Å². The van der Waals surface area contributed by atoms with Gasteiger partial charge in [0, 0.05) is 12.6 Å². The molecule has 1 aromatic heterocycles. The molecule has 0 aromatic carbocycles. The van der Waals surface area contributed by atoms with E-state index >= 15 is 0 Å². The first-order valence-electron chi connectivity index (χ1n) is 6.27. The van der Waals surface area contributed by atoms with Gasteiger partial charge in [0.15, 0.2) is 5.69 Å². The van der Waals surface area contributed by atoms with Crippen molar-refractivity contribution in [3.8, 4) is 0 Å². The first-order valence-corrected chi connectivity index (χ1v) is 6.27. The molecule has 0 saturated heterocycles. The molecule has 104 valence electrons. The smallest absolute Gasteiger partial charge is 0.358 e. The Bertz CT molecular complexity index is 479. The largest absolute Gasteiger partial charge is 0.476 e. The molecule has 0 radical (unpaired) electrons. The van der Waals surface area contributed by atoms with Crippen molar-refractivity contribution in [2.24, 2.45) is 5.73 Å². The van der Waals surface area contributed by atoms with Gasteiger partial charge in [0.05, 0.1) is 5.69 Å². The molecule has 0 unspecified atom stereocenters. The highest BCUT2D eigenvalue weighted by Gasteiger charge is 2.21. The molecular weight excluding hydrogens is 250 g/mol. The second-order valence-corrected chi connectivity index (χ2v) is 4.60. The van der Waals surface area contributed by atoms with Gasteiger partial charge in [0.1, 0.15) is 6.54 Å². The number of amides is 1. The normalized spacial score (nSPS) is 15.6. The summed E-state index contributed by atoms with van der Waals surface area (Å²) in [6, 6.07) is 0.219. The van der Waals surface area contributed by atoms with Crippen molar-refractivity contribution >= 4 is 11.9 Å². The third-order valence-corrected chi connectivity index (χ3v) is 3.25. The molecule has 1 saturated carbocycles. The van der Waals surface area contributed by atoms with E-state index in [1.165, 1.54) is 4.68 Å². The van der Waals surface area contributed by atoms with Gasteiger partial charge in [0.2, 0.25) is 5.91 Å². The fraction of sp³-hybridized carbons (Fsp3) is 0.636. The predicted molar refractivity (Wildman–Crippen MR) is 65.3 cm³/mol. The maximum absolute atomic E-state index is 11.8. The molecule has 1 aliphatic rings. The van der Waals surface area contributed by atoms with Crippen LogP contribution in [0.3, 0.4) is 0 Å². The standard InChI is InChI=1S/C11H17N5O3/c12-5-8-10(11(18)19)14-15-16(8)6-9(17)13-7-3-1-2-4-7/h7H,1-6,12H2,(H,13,17)(H,18,19). The molecule has 1 amide bonds. The van der Waals surface area contributed by atoms with Crippen molar-refractivity contribution in [1.29, 1.82) is 0 Å². The Morgan fingerprint density at radius 1 is 1.42 bits per heavy atom. The van der Waals surface area contributed by atoms with Crippen LogP contribution >= 0.6 is 0 Å². The average molecular weight is 267 g/mol. The van der Waals surface area contributed by atoms with Crippen molar-refractivity contribution in [2.75, 3.05) is 0 Å². The molecule has 1 aliphatic carbocycles. The Morgan fingerprint density at radius 2 is 2.11 bits per heavy atom. The highest BCUT2D eigenvalue weighted by atomic mass is 16.4. The monoisotopic (exact) mass is 267 g/mol. The number of nitrogens with two attached hydrogens (primary N) is 1. The summed E-state index contributed by atoms with van der Waals surface area (Å²) in [6.45, 7) is -0.0747. The molecule has 0 aliphatic heterocycles. The van der Waals surface area contributed by atoms with Crippen LogP contribution in [-0.4, -0.2) is 38.0 Å². The van der Waals surface area contributed by atoms with Crippen LogP contribution in [0.4, 0.5) is 0 Å². The van der Waals surface area contributed by atoms with Gasteiger partial charge >= 0.3 is 5.97 Å². The second kappa shape index (κ2) is 5.79. The summed E-state index contributed by atoms with van der Waals surface area (Å²) < 4.78 is 1.24. The fourth-order valence-corrected chi connectivity index (χ4v) is 2.31. The minimum absolute atomic E-state index is 0.0225. The number of aromatic nitrogens is 3. The van der Waals surface area contributed by atoms with Crippen LogP contribution < -0.4 is 11.1 Å². The van der Waals surface area contributed by atoms with E-state index in [1.54, 1.807) is 0 Å². The number of hydrogen-bond donors (Lipinski definition) is 3. The number of nitrogens with one attached hydrogen (secondary N) is 1. The zero-order valence-corrected chi connectivity index (χ0v) is 10.5. The molecule has 8 heteroatoms. The van der Waals surface area contributed by atoms with Gasteiger partial charge in [-0.15, -0.1) is 5.10 Å². The zero-order valence-electron chi connectivity index (χ0n) is 10.5. The summed E-state index contributed by atoms with van der Waals surface area (Å²) in [4.78, 5) is 22.7. The lowest BCUT2D eigenvalue weighted by atomic mass is 10.2. The Hall–Kier alpha value is -1.96. The van der Waals surface area contributed by atoms with Crippen LogP contribution in [0.2, 0.25) is 0 Å².